The fourth-order valence-corrected chi connectivity index (χ4v) is 11.5. The van der Waals surface area contributed by atoms with Gasteiger partial charge in [0.2, 0.25) is 0 Å². The molecule has 5 saturated carbocycles. The third-order valence-corrected chi connectivity index (χ3v) is 13.4. The molecule has 2 nitrogen and oxygen atoms in total. The first kappa shape index (κ1) is 23.1. The second kappa shape index (κ2) is 6.94. The molecule has 0 aromatic carbocycles. The summed E-state index contributed by atoms with van der Waals surface area (Å²) in [4.78, 5) is 25.5. The number of carbonyl (C=O) groups excluding carboxylic acids is 2. The molecule has 5 aliphatic rings. The van der Waals surface area contributed by atoms with E-state index in [1.54, 1.807) is 0 Å². The van der Waals surface area contributed by atoms with Crippen LogP contribution in [0.3, 0.4) is 0 Å². The summed E-state index contributed by atoms with van der Waals surface area (Å²) in [5, 5.41) is 0. The van der Waals surface area contributed by atoms with Crippen molar-refractivity contribution in [3.05, 3.63) is 0 Å². The molecule has 0 aromatic rings. The molecule has 0 spiro atoms. The molecule has 180 valence electrons. The van der Waals surface area contributed by atoms with E-state index < -0.39 is 0 Å². The van der Waals surface area contributed by atoms with Gasteiger partial charge in [-0.3, -0.25) is 4.79 Å². The number of carbonyl (C=O) groups is 2. The summed E-state index contributed by atoms with van der Waals surface area (Å²) in [7, 11) is 0. The van der Waals surface area contributed by atoms with Crippen molar-refractivity contribution in [2.75, 3.05) is 0 Å². The van der Waals surface area contributed by atoms with Crippen molar-refractivity contribution in [1.82, 2.24) is 0 Å². The Kier molecular flexibility index (Phi) is 5.01. The minimum absolute atomic E-state index is 0.0390. The molecule has 5 rings (SSSR count). The lowest BCUT2D eigenvalue weighted by atomic mass is 9.32. The number of Topliss-reactive ketones (excluding diaryl/α,β-unsaturated/α-hetero) is 1. The van der Waals surface area contributed by atoms with Crippen molar-refractivity contribution in [1.29, 1.82) is 0 Å². The van der Waals surface area contributed by atoms with Gasteiger partial charge in [0, 0.05) is 17.3 Å². The highest BCUT2D eigenvalue weighted by Crippen LogP contribution is 2.77. The average Bonchev–Trinajstić information content (AvgIpc) is 3.12. The van der Waals surface area contributed by atoms with Crippen molar-refractivity contribution >= 4 is 12.1 Å². The highest BCUT2D eigenvalue weighted by Gasteiger charge is 2.70. The van der Waals surface area contributed by atoms with Crippen LogP contribution in [0.4, 0.5) is 0 Å². The van der Waals surface area contributed by atoms with Crippen molar-refractivity contribution < 1.29 is 9.59 Å². The number of hydrogen-bond donors (Lipinski definition) is 0. The zero-order valence-corrected chi connectivity index (χ0v) is 21.9. The Morgan fingerprint density at radius 2 is 1.53 bits per heavy atom. The van der Waals surface area contributed by atoms with Gasteiger partial charge in [-0.15, -0.1) is 0 Å². The predicted molar refractivity (Wildman–Crippen MR) is 130 cm³/mol. The van der Waals surface area contributed by atoms with Crippen LogP contribution in [0.15, 0.2) is 0 Å². The van der Waals surface area contributed by atoms with E-state index in [9.17, 15) is 9.59 Å². The molecule has 32 heavy (non-hydrogen) atoms. The summed E-state index contributed by atoms with van der Waals surface area (Å²) < 4.78 is 0. The van der Waals surface area contributed by atoms with E-state index in [0.717, 1.165) is 25.7 Å². The zero-order valence-electron chi connectivity index (χ0n) is 21.9. The number of hydrogen-bond acceptors (Lipinski definition) is 2. The van der Waals surface area contributed by atoms with Crippen LogP contribution in [0, 0.1) is 62.6 Å². The van der Waals surface area contributed by atoms with Crippen LogP contribution in [0.25, 0.3) is 0 Å². The lowest BCUT2D eigenvalue weighted by Crippen LogP contribution is -2.66. The zero-order chi connectivity index (χ0) is 23.3. The van der Waals surface area contributed by atoms with E-state index in [2.05, 4.69) is 48.5 Å². The van der Waals surface area contributed by atoms with E-state index in [1.807, 2.05) is 0 Å². The lowest BCUT2D eigenvalue weighted by molar-refractivity contribution is -0.233. The van der Waals surface area contributed by atoms with Crippen molar-refractivity contribution in [3.8, 4) is 0 Å². The van der Waals surface area contributed by atoms with Crippen molar-refractivity contribution in [2.24, 2.45) is 62.6 Å². The van der Waals surface area contributed by atoms with Gasteiger partial charge in [0.05, 0.1) is 0 Å². The van der Waals surface area contributed by atoms with Crippen LogP contribution in [-0.2, 0) is 9.59 Å². The first-order valence-electron chi connectivity index (χ1n) is 13.9. The highest BCUT2D eigenvalue weighted by molar-refractivity contribution is 5.85. The second-order valence-electron chi connectivity index (χ2n) is 14.6. The smallest absolute Gasteiger partial charge is 0.138 e. The molecule has 1 unspecified atom stereocenters. The molecular formula is C30H48O2. The standard InChI is InChI=1S/C30H48O2/c1-19(2)20-10-15-30(18-31)17-16-28(6)21(25(20)30)8-9-23-27(5)13-12-24(32)26(3,4)22(27)11-14-29(23,28)7/h18-23,25H,8-17H2,1-7H3/t20-,21?,22-,23+,25+,27-,28+,29+,30+/m0/s1. The minimum atomic E-state index is -0.167. The Balaban J connectivity index is 1.56. The normalized spacial score (nSPS) is 54.4. The van der Waals surface area contributed by atoms with Crippen molar-refractivity contribution in [3.63, 3.8) is 0 Å². The molecule has 0 N–H and O–H groups in total. The average molecular weight is 441 g/mol. The van der Waals surface area contributed by atoms with E-state index in [1.165, 1.54) is 44.8 Å². The second-order valence-corrected chi connectivity index (χ2v) is 14.6. The Morgan fingerprint density at radius 1 is 0.812 bits per heavy atom. The molecular weight excluding hydrogens is 392 g/mol. The summed E-state index contributed by atoms with van der Waals surface area (Å²) in [6.07, 6.45) is 13.1. The summed E-state index contributed by atoms with van der Waals surface area (Å²) >= 11 is 0. The molecule has 2 heteroatoms. The summed E-state index contributed by atoms with van der Waals surface area (Å²) in [5.41, 5.74) is 0.730. The first-order chi connectivity index (χ1) is 14.9. The molecule has 5 fully saturated rings. The monoisotopic (exact) mass is 440 g/mol. The summed E-state index contributed by atoms with van der Waals surface area (Å²) in [6, 6.07) is 0. The molecule has 5 aliphatic carbocycles. The Morgan fingerprint density at radius 3 is 2.19 bits per heavy atom. The molecule has 0 bridgehead atoms. The van der Waals surface area contributed by atoms with Crippen LogP contribution >= 0.6 is 0 Å². The molecule has 0 amide bonds. The van der Waals surface area contributed by atoms with Gasteiger partial charge in [0.15, 0.2) is 0 Å². The Labute approximate surface area is 197 Å². The number of fused-ring (bicyclic) bond motifs is 7. The van der Waals surface area contributed by atoms with Crippen LogP contribution in [0.2, 0.25) is 0 Å². The third-order valence-electron chi connectivity index (χ3n) is 13.4. The first-order valence-corrected chi connectivity index (χ1v) is 13.9. The van der Waals surface area contributed by atoms with Crippen molar-refractivity contribution in [2.45, 2.75) is 113 Å². The quantitative estimate of drug-likeness (QED) is 0.417. The van der Waals surface area contributed by atoms with E-state index >= 15 is 0 Å². The maximum absolute atomic E-state index is 12.9. The number of aldehydes is 1. The van der Waals surface area contributed by atoms with Gasteiger partial charge in [-0.2, -0.15) is 0 Å². The van der Waals surface area contributed by atoms with Crippen LogP contribution in [0.5, 0.6) is 0 Å². The van der Waals surface area contributed by atoms with Gasteiger partial charge in [0.1, 0.15) is 12.1 Å². The minimum Gasteiger partial charge on any atom is -0.303 e. The Hall–Kier alpha value is -0.660. The fourth-order valence-electron chi connectivity index (χ4n) is 11.5. The van der Waals surface area contributed by atoms with Crippen LogP contribution in [-0.4, -0.2) is 12.1 Å². The van der Waals surface area contributed by atoms with Gasteiger partial charge < -0.3 is 4.79 Å². The molecule has 0 radical (unpaired) electrons. The van der Waals surface area contributed by atoms with Gasteiger partial charge in [0.25, 0.3) is 0 Å². The summed E-state index contributed by atoms with van der Waals surface area (Å²) in [5.74, 6) is 4.41. The predicted octanol–water partition coefficient (Wildman–Crippen LogP) is 7.49. The van der Waals surface area contributed by atoms with E-state index in [0.29, 0.717) is 52.1 Å². The molecule has 9 atom stereocenters. The maximum atomic E-state index is 12.9. The van der Waals surface area contributed by atoms with E-state index in [4.69, 9.17) is 0 Å². The molecule has 0 saturated heterocycles. The number of ketones is 1. The van der Waals surface area contributed by atoms with Crippen LogP contribution < -0.4 is 0 Å². The van der Waals surface area contributed by atoms with Gasteiger partial charge >= 0.3 is 0 Å². The van der Waals surface area contributed by atoms with Crippen LogP contribution in [0.1, 0.15) is 113 Å². The van der Waals surface area contributed by atoms with Gasteiger partial charge in [-0.1, -0.05) is 48.5 Å². The Bertz CT molecular complexity index is 812. The third kappa shape index (κ3) is 2.59. The number of rotatable bonds is 2. The molecule has 0 aromatic heterocycles. The molecule has 0 aliphatic heterocycles. The van der Waals surface area contributed by atoms with Gasteiger partial charge in [-0.25, -0.2) is 0 Å². The molecule has 0 heterocycles. The summed E-state index contributed by atoms with van der Waals surface area (Å²) in [6.45, 7) is 17.2. The SMILES string of the molecule is CC(C)[C@@H]1CC[C@]2(C=O)CC[C@]3(C)C(CC[C@@H]4[C@@]5(C)CCC(=O)C(C)(C)[C@@H]5CC[C@]43C)[C@@H]12. The topological polar surface area (TPSA) is 34.1 Å². The fraction of sp³-hybridized carbons (Fsp3) is 0.933. The maximum Gasteiger partial charge on any atom is 0.138 e. The largest absolute Gasteiger partial charge is 0.303 e. The van der Waals surface area contributed by atoms with E-state index in [-0.39, 0.29) is 16.2 Å². The van der Waals surface area contributed by atoms with Gasteiger partial charge in [-0.05, 0) is 110 Å². The highest BCUT2D eigenvalue weighted by atomic mass is 16.1. The lowest BCUT2D eigenvalue weighted by Gasteiger charge is -2.72.